The largest absolute Gasteiger partial charge is 0.496 e. The first-order valence-electron chi connectivity index (χ1n) is 12.3. The highest BCUT2D eigenvalue weighted by atomic mass is 35.5. The number of methoxy groups -OCH3 is 1. The first-order valence-corrected chi connectivity index (χ1v) is 13.1. The van der Waals surface area contributed by atoms with Gasteiger partial charge in [-0.1, -0.05) is 53.5 Å². The monoisotopic (exact) mass is 569 g/mol. The Labute approximate surface area is 238 Å². The summed E-state index contributed by atoms with van der Waals surface area (Å²) in [6.45, 7) is 0.309. The maximum atomic E-state index is 13.6. The van der Waals surface area contributed by atoms with Gasteiger partial charge in [-0.2, -0.15) is 9.78 Å². The van der Waals surface area contributed by atoms with Crippen molar-refractivity contribution in [2.75, 3.05) is 7.11 Å². The fourth-order valence-electron chi connectivity index (χ4n) is 4.33. The van der Waals surface area contributed by atoms with Crippen LogP contribution in [0.5, 0.6) is 11.5 Å². The number of benzene rings is 4. The Morgan fingerprint density at radius 1 is 0.900 bits per heavy atom. The average molecular weight is 570 g/mol. The second-order valence-corrected chi connectivity index (χ2v) is 9.77. The molecule has 0 radical (unpaired) electrons. The van der Waals surface area contributed by atoms with Crippen molar-refractivity contribution >= 4 is 51.3 Å². The zero-order valence-electron chi connectivity index (χ0n) is 21.2. The molecule has 0 aliphatic rings. The molecule has 0 bridgehead atoms. The molecular weight excluding hydrogens is 549 g/mol. The van der Waals surface area contributed by atoms with Gasteiger partial charge in [0, 0.05) is 15.6 Å². The van der Waals surface area contributed by atoms with E-state index in [-0.39, 0.29) is 11.4 Å². The van der Waals surface area contributed by atoms with Gasteiger partial charge in [0.05, 0.1) is 29.6 Å². The quantitative estimate of drug-likeness (QED) is 0.185. The third-order valence-electron chi connectivity index (χ3n) is 6.31. The predicted molar refractivity (Wildman–Crippen MR) is 158 cm³/mol. The van der Waals surface area contributed by atoms with Crippen LogP contribution in [0.4, 0.5) is 0 Å². The van der Waals surface area contributed by atoms with Gasteiger partial charge in [0.2, 0.25) is 5.82 Å². The van der Waals surface area contributed by atoms with Gasteiger partial charge in [-0.3, -0.25) is 4.79 Å². The molecule has 0 aliphatic carbocycles. The summed E-state index contributed by atoms with van der Waals surface area (Å²) in [7, 11) is 1.59. The Hall–Kier alpha value is -4.59. The molecule has 0 unspecified atom stereocenters. The number of hydrogen-bond donors (Lipinski definition) is 0. The molecule has 6 rings (SSSR count). The van der Waals surface area contributed by atoms with Crippen LogP contribution in [0.25, 0.3) is 33.5 Å². The Balaban J connectivity index is 1.44. The molecule has 9 heteroatoms. The van der Waals surface area contributed by atoms with Crippen LogP contribution in [0.2, 0.25) is 10.0 Å². The number of para-hydroxylation sites is 1. The minimum Gasteiger partial charge on any atom is -0.496 e. The molecular formula is C31H21Cl2N3O4. The third-order valence-corrected chi connectivity index (χ3v) is 6.79. The fourth-order valence-corrected chi connectivity index (χ4v) is 4.63. The zero-order valence-corrected chi connectivity index (χ0v) is 22.7. The highest BCUT2D eigenvalue weighted by Gasteiger charge is 2.18. The maximum absolute atomic E-state index is 13.6. The van der Waals surface area contributed by atoms with Crippen molar-refractivity contribution in [3.8, 4) is 23.1 Å². The molecule has 0 saturated carbocycles. The number of nitrogens with zero attached hydrogens (tertiary/aromatic N) is 3. The number of ether oxygens (including phenoxy) is 2. The second-order valence-electron chi connectivity index (χ2n) is 8.89. The lowest BCUT2D eigenvalue weighted by Gasteiger charge is -2.11. The van der Waals surface area contributed by atoms with Crippen LogP contribution in [-0.4, -0.2) is 23.0 Å². The normalized spacial score (nSPS) is 11.5. The molecule has 0 spiro atoms. The molecule has 0 N–H and O–H groups in total. The fraction of sp³-hybridized carbons (Fsp3) is 0.0645. The molecule has 0 saturated heterocycles. The maximum Gasteiger partial charge on any atom is 0.282 e. The van der Waals surface area contributed by atoms with Crippen molar-refractivity contribution in [1.82, 2.24) is 9.66 Å². The van der Waals surface area contributed by atoms with Crippen molar-refractivity contribution in [1.29, 1.82) is 0 Å². The zero-order chi connectivity index (χ0) is 27.6. The van der Waals surface area contributed by atoms with Crippen LogP contribution in [0.15, 0.2) is 105 Å². The number of hydrogen-bond acceptors (Lipinski definition) is 6. The number of rotatable bonds is 7. The van der Waals surface area contributed by atoms with Crippen LogP contribution in [-0.2, 0) is 6.61 Å². The molecule has 7 nitrogen and oxygen atoms in total. The van der Waals surface area contributed by atoms with Crippen LogP contribution in [0.1, 0.15) is 11.1 Å². The summed E-state index contributed by atoms with van der Waals surface area (Å²) in [5.74, 6) is 1.79. The van der Waals surface area contributed by atoms with E-state index in [4.69, 9.17) is 42.1 Å². The lowest BCUT2D eigenvalue weighted by atomic mass is 10.2. The van der Waals surface area contributed by atoms with E-state index < -0.39 is 0 Å². The van der Waals surface area contributed by atoms with E-state index in [2.05, 4.69) is 5.10 Å². The van der Waals surface area contributed by atoms with E-state index in [0.717, 1.165) is 10.9 Å². The lowest BCUT2D eigenvalue weighted by molar-refractivity contribution is 0.306. The second kappa shape index (κ2) is 10.9. The van der Waals surface area contributed by atoms with E-state index in [1.807, 2.05) is 36.4 Å². The summed E-state index contributed by atoms with van der Waals surface area (Å²) in [6, 6.07) is 27.0. The summed E-state index contributed by atoms with van der Waals surface area (Å²) < 4.78 is 18.9. The van der Waals surface area contributed by atoms with Crippen molar-refractivity contribution in [3.63, 3.8) is 0 Å². The van der Waals surface area contributed by atoms with E-state index >= 15 is 0 Å². The van der Waals surface area contributed by atoms with Crippen LogP contribution >= 0.6 is 23.2 Å². The van der Waals surface area contributed by atoms with Crippen molar-refractivity contribution in [2.24, 2.45) is 5.10 Å². The number of furan rings is 1. The minimum absolute atomic E-state index is 0.240. The van der Waals surface area contributed by atoms with Gasteiger partial charge in [0.1, 0.15) is 23.7 Å². The van der Waals surface area contributed by atoms with E-state index in [0.29, 0.717) is 56.0 Å². The number of halogens is 2. The highest BCUT2D eigenvalue weighted by Crippen LogP contribution is 2.33. The molecule has 0 atom stereocenters. The standard InChI is InChI=1S/C31H21Cl2N3O4/c1-38-27-7-4-8-28-24(27)16-29(40-28)30-35-25-6-3-2-5-23(25)31(37)36(30)34-17-20-15-22(33)13-14-26(20)39-18-19-9-11-21(32)12-10-19/h2-17H,18H2,1H3. The third kappa shape index (κ3) is 5.04. The van der Waals surface area contributed by atoms with E-state index in [9.17, 15) is 4.79 Å². The molecule has 2 aromatic heterocycles. The van der Waals surface area contributed by atoms with Crippen molar-refractivity contribution in [2.45, 2.75) is 6.61 Å². The summed E-state index contributed by atoms with van der Waals surface area (Å²) in [4.78, 5) is 18.4. The van der Waals surface area contributed by atoms with Gasteiger partial charge < -0.3 is 13.9 Å². The first-order chi connectivity index (χ1) is 19.5. The van der Waals surface area contributed by atoms with Crippen molar-refractivity contribution in [3.05, 3.63) is 123 Å². The molecule has 0 amide bonds. The topological polar surface area (TPSA) is 78.9 Å². The summed E-state index contributed by atoms with van der Waals surface area (Å²) in [6.07, 6.45) is 1.52. The molecule has 40 heavy (non-hydrogen) atoms. The van der Waals surface area contributed by atoms with Gasteiger partial charge in [-0.25, -0.2) is 4.98 Å². The van der Waals surface area contributed by atoms with Crippen molar-refractivity contribution < 1.29 is 13.9 Å². The van der Waals surface area contributed by atoms with Crippen LogP contribution in [0, 0.1) is 0 Å². The van der Waals surface area contributed by atoms with E-state index in [1.54, 1.807) is 61.7 Å². The van der Waals surface area contributed by atoms with Gasteiger partial charge in [0.25, 0.3) is 5.56 Å². The summed E-state index contributed by atoms with van der Waals surface area (Å²) in [5, 5.41) is 6.87. The van der Waals surface area contributed by atoms with E-state index in [1.165, 1.54) is 10.9 Å². The van der Waals surface area contributed by atoms with Gasteiger partial charge in [-0.15, -0.1) is 0 Å². The molecule has 198 valence electrons. The summed E-state index contributed by atoms with van der Waals surface area (Å²) in [5.41, 5.74) is 2.30. The Morgan fingerprint density at radius 3 is 2.52 bits per heavy atom. The predicted octanol–water partition coefficient (Wildman–Crippen LogP) is 7.59. The Kier molecular flexibility index (Phi) is 6.99. The highest BCUT2D eigenvalue weighted by molar-refractivity contribution is 6.31. The first kappa shape index (κ1) is 25.7. The average Bonchev–Trinajstić information content (AvgIpc) is 3.41. The Bertz CT molecular complexity index is 1950. The van der Waals surface area contributed by atoms with Crippen LogP contribution < -0.4 is 15.0 Å². The number of aromatic nitrogens is 2. The molecule has 0 fully saturated rings. The molecule has 4 aromatic carbocycles. The lowest BCUT2D eigenvalue weighted by Crippen LogP contribution is -2.20. The smallest absolute Gasteiger partial charge is 0.282 e. The van der Waals surface area contributed by atoms with Gasteiger partial charge >= 0.3 is 0 Å². The van der Waals surface area contributed by atoms with Crippen LogP contribution in [0.3, 0.4) is 0 Å². The Morgan fingerprint density at radius 2 is 1.70 bits per heavy atom. The number of fused-ring (bicyclic) bond motifs is 2. The SMILES string of the molecule is COc1cccc2oc(-c3nc4ccccc4c(=O)n3N=Cc3cc(Cl)ccc3OCc3ccc(Cl)cc3)cc12. The molecule has 0 aliphatic heterocycles. The van der Waals surface area contributed by atoms with Gasteiger partial charge in [-0.05, 0) is 66.2 Å². The molecule has 2 heterocycles. The molecule has 6 aromatic rings. The minimum atomic E-state index is -0.352. The van der Waals surface area contributed by atoms with Gasteiger partial charge in [0.15, 0.2) is 5.76 Å². The summed E-state index contributed by atoms with van der Waals surface area (Å²) >= 11 is 12.3.